The number of amides is 1. The maximum Gasteiger partial charge on any atom is 0.251 e. The Hall–Kier alpha value is -3.41. The summed E-state index contributed by atoms with van der Waals surface area (Å²) in [6.45, 7) is 0.103. The van der Waals surface area contributed by atoms with E-state index in [1.165, 1.54) is 0 Å². The van der Waals surface area contributed by atoms with Gasteiger partial charge in [-0.25, -0.2) is 0 Å². The van der Waals surface area contributed by atoms with Crippen molar-refractivity contribution in [2.45, 2.75) is 6.42 Å². The summed E-state index contributed by atoms with van der Waals surface area (Å²) in [6.07, 6.45) is 2.29. The summed E-state index contributed by atoms with van der Waals surface area (Å²) in [6, 6.07) is 22.2. The summed E-state index contributed by atoms with van der Waals surface area (Å²) in [4.78, 5) is 25.2. The summed E-state index contributed by atoms with van der Waals surface area (Å²) in [5.74, 6) is -0.241. The lowest BCUT2D eigenvalue weighted by atomic mass is 10.0. The van der Waals surface area contributed by atoms with Gasteiger partial charge < -0.3 is 15.0 Å². The summed E-state index contributed by atoms with van der Waals surface area (Å²) in [5.41, 5.74) is 3.73. The average Bonchev–Trinajstić information content (AvgIpc) is 2.80. The van der Waals surface area contributed by atoms with Crippen molar-refractivity contribution < 1.29 is 9.90 Å². The number of hydrogen-bond acceptors (Lipinski definition) is 3. The average molecular weight is 433 g/mol. The molecule has 2 N–H and O–H groups in total. The van der Waals surface area contributed by atoms with Crippen molar-refractivity contribution in [2.75, 3.05) is 13.2 Å². The predicted molar refractivity (Wildman–Crippen MR) is 123 cm³/mol. The third-order valence-electron chi connectivity index (χ3n) is 5.08. The molecule has 0 radical (unpaired) electrons. The Morgan fingerprint density at radius 3 is 2.45 bits per heavy atom. The van der Waals surface area contributed by atoms with Gasteiger partial charge in [0.25, 0.3) is 5.91 Å². The smallest absolute Gasteiger partial charge is 0.251 e. The lowest BCUT2D eigenvalue weighted by molar-refractivity contribution is 0.0945. The zero-order valence-corrected chi connectivity index (χ0v) is 17.5. The molecule has 1 aromatic heterocycles. The molecule has 4 rings (SSSR count). The molecular formula is C25H21ClN2O3. The number of carbonyl (C=O) groups is 1. The van der Waals surface area contributed by atoms with Gasteiger partial charge in [-0.05, 0) is 48.0 Å². The standard InChI is InChI=1S/C25H21ClN2O3/c26-20-10-11-22-23(15-20)28(21-4-2-1-3-5-21)16-19(24(22)30)14-17-6-8-18(9-7-17)25(31)27-12-13-29/h1-11,15-16,29H,12-14H2,(H,27,31). The van der Waals surface area contributed by atoms with Crippen molar-refractivity contribution in [1.82, 2.24) is 9.88 Å². The second kappa shape index (κ2) is 9.16. The zero-order valence-electron chi connectivity index (χ0n) is 16.7. The van der Waals surface area contributed by atoms with Gasteiger partial charge in [0.1, 0.15) is 0 Å². The van der Waals surface area contributed by atoms with E-state index in [4.69, 9.17) is 16.7 Å². The Morgan fingerprint density at radius 2 is 1.74 bits per heavy atom. The number of aromatic nitrogens is 1. The van der Waals surface area contributed by atoms with Crippen molar-refractivity contribution in [3.63, 3.8) is 0 Å². The van der Waals surface area contributed by atoms with Crippen LogP contribution in [-0.4, -0.2) is 28.7 Å². The van der Waals surface area contributed by atoms with Crippen LogP contribution in [0.1, 0.15) is 21.5 Å². The number of halogens is 1. The second-order valence-corrected chi connectivity index (χ2v) is 7.64. The monoisotopic (exact) mass is 432 g/mol. The minimum absolute atomic E-state index is 0.0383. The Morgan fingerprint density at radius 1 is 1.00 bits per heavy atom. The number of hydrogen-bond donors (Lipinski definition) is 2. The van der Waals surface area contributed by atoms with Gasteiger partial charge in [-0.2, -0.15) is 0 Å². The van der Waals surface area contributed by atoms with E-state index in [1.807, 2.05) is 53.2 Å². The third-order valence-corrected chi connectivity index (χ3v) is 5.32. The Bertz CT molecular complexity index is 1280. The SMILES string of the molecule is O=C(NCCO)c1ccc(Cc2cn(-c3ccccc3)c3cc(Cl)ccc3c2=O)cc1. The molecule has 0 bridgehead atoms. The van der Waals surface area contributed by atoms with E-state index >= 15 is 0 Å². The van der Waals surface area contributed by atoms with Crippen molar-refractivity contribution in [3.05, 3.63) is 111 Å². The number of aliphatic hydroxyl groups is 1. The van der Waals surface area contributed by atoms with Crippen LogP contribution in [-0.2, 0) is 6.42 Å². The first kappa shape index (κ1) is 20.8. The molecule has 0 saturated carbocycles. The van der Waals surface area contributed by atoms with E-state index < -0.39 is 0 Å². The van der Waals surface area contributed by atoms with Gasteiger partial charge in [0.2, 0.25) is 0 Å². The number of carbonyl (C=O) groups excluding carboxylic acids is 1. The van der Waals surface area contributed by atoms with Crippen LogP contribution < -0.4 is 10.7 Å². The maximum atomic E-state index is 13.2. The van der Waals surface area contributed by atoms with E-state index in [0.29, 0.717) is 28.0 Å². The van der Waals surface area contributed by atoms with Gasteiger partial charge in [0.15, 0.2) is 5.43 Å². The maximum absolute atomic E-state index is 13.2. The van der Waals surface area contributed by atoms with Crippen LogP contribution in [0.15, 0.2) is 83.8 Å². The molecule has 0 spiro atoms. The molecule has 3 aromatic carbocycles. The quantitative estimate of drug-likeness (QED) is 0.484. The molecule has 5 nitrogen and oxygen atoms in total. The lowest BCUT2D eigenvalue weighted by Crippen LogP contribution is -2.26. The molecule has 0 fully saturated rings. The van der Waals surface area contributed by atoms with E-state index in [2.05, 4.69) is 5.32 Å². The normalized spacial score (nSPS) is 10.9. The minimum atomic E-state index is -0.241. The molecule has 0 aliphatic heterocycles. The number of para-hydroxylation sites is 1. The molecule has 4 aromatic rings. The number of fused-ring (bicyclic) bond motifs is 1. The van der Waals surface area contributed by atoms with Gasteiger partial charge in [-0.3, -0.25) is 9.59 Å². The first-order chi connectivity index (χ1) is 15.1. The number of nitrogens with one attached hydrogen (secondary N) is 1. The van der Waals surface area contributed by atoms with Crippen LogP contribution in [0.25, 0.3) is 16.6 Å². The van der Waals surface area contributed by atoms with E-state index in [-0.39, 0.29) is 24.5 Å². The molecule has 6 heteroatoms. The molecule has 0 saturated heterocycles. The molecule has 156 valence electrons. The fourth-order valence-electron chi connectivity index (χ4n) is 3.55. The number of benzene rings is 3. The third kappa shape index (κ3) is 4.53. The fraction of sp³-hybridized carbons (Fsp3) is 0.120. The van der Waals surface area contributed by atoms with E-state index in [0.717, 1.165) is 16.8 Å². The van der Waals surface area contributed by atoms with Crippen molar-refractivity contribution in [3.8, 4) is 5.69 Å². The van der Waals surface area contributed by atoms with Crippen molar-refractivity contribution in [2.24, 2.45) is 0 Å². The first-order valence-electron chi connectivity index (χ1n) is 9.94. The Kier molecular flexibility index (Phi) is 6.16. The molecular weight excluding hydrogens is 412 g/mol. The van der Waals surface area contributed by atoms with Gasteiger partial charge >= 0.3 is 0 Å². The van der Waals surface area contributed by atoms with Gasteiger partial charge in [0, 0.05) is 46.4 Å². The van der Waals surface area contributed by atoms with E-state index in [9.17, 15) is 9.59 Å². The van der Waals surface area contributed by atoms with Gasteiger partial charge in [-0.1, -0.05) is 41.9 Å². The lowest BCUT2D eigenvalue weighted by Gasteiger charge is -2.14. The second-order valence-electron chi connectivity index (χ2n) is 7.20. The summed E-state index contributed by atoms with van der Waals surface area (Å²) in [5, 5.41) is 12.6. The fourth-order valence-corrected chi connectivity index (χ4v) is 3.71. The van der Waals surface area contributed by atoms with Gasteiger partial charge in [0.05, 0.1) is 12.1 Å². The Balaban J connectivity index is 1.73. The molecule has 0 unspecified atom stereocenters. The van der Waals surface area contributed by atoms with Crippen LogP contribution in [0, 0.1) is 0 Å². The number of pyridine rings is 1. The zero-order chi connectivity index (χ0) is 21.8. The molecule has 0 atom stereocenters. The number of aliphatic hydroxyl groups excluding tert-OH is 1. The largest absolute Gasteiger partial charge is 0.395 e. The van der Waals surface area contributed by atoms with Crippen LogP contribution in [0.2, 0.25) is 5.02 Å². The summed E-state index contributed by atoms with van der Waals surface area (Å²) >= 11 is 6.21. The molecule has 1 heterocycles. The first-order valence-corrected chi connectivity index (χ1v) is 10.3. The predicted octanol–water partition coefficient (Wildman–Crippen LogP) is 3.96. The van der Waals surface area contributed by atoms with Crippen LogP contribution in [0.3, 0.4) is 0 Å². The van der Waals surface area contributed by atoms with Crippen molar-refractivity contribution in [1.29, 1.82) is 0 Å². The van der Waals surface area contributed by atoms with Gasteiger partial charge in [-0.15, -0.1) is 0 Å². The number of nitrogens with zero attached hydrogens (tertiary/aromatic N) is 1. The van der Waals surface area contributed by atoms with E-state index in [1.54, 1.807) is 30.3 Å². The number of rotatable bonds is 6. The highest BCUT2D eigenvalue weighted by atomic mass is 35.5. The topological polar surface area (TPSA) is 71.3 Å². The highest BCUT2D eigenvalue weighted by molar-refractivity contribution is 6.31. The van der Waals surface area contributed by atoms with Crippen molar-refractivity contribution >= 4 is 28.4 Å². The van der Waals surface area contributed by atoms with Crippen LogP contribution in [0.4, 0.5) is 0 Å². The molecule has 0 aliphatic rings. The van der Waals surface area contributed by atoms with Crippen LogP contribution in [0.5, 0.6) is 0 Å². The summed E-state index contributed by atoms with van der Waals surface area (Å²) in [7, 11) is 0. The highest BCUT2D eigenvalue weighted by Crippen LogP contribution is 2.22. The summed E-state index contributed by atoms with van der Waals surface area (Å²) < 4.78 is 1.98. The Labute approximate surface area is 184 Å². The molecule has 1 amide bonds. The molecule has 31 heavy (non-hydrogen) atoms. The minimum Gasteiger partial charge on any atom is -0.395 e. The highest BCUT2D eigenvalue weighted by Gasteiger charge is 2.12. The van der Waals surface area contributed by atoms with Crippen LogP contribution >= 0.6 is 11.6 Å². The molecule has 0 aliphatic carbocycles.